The van der Waals surface area contributed by atoms with E-state index in [1.165, 1.54) is 4.88 Å². The number of aryl methyl sites for hydroxylation is 2. The van der Waals surface area contributed by atoms with E-state index in [1.54, 1.807) is 24.6 Å². The summed E-state index contributed by atoms with van der Waals surface area (Å²) in [4.78, 5) is 14.7. The number of nitrogens with one attached hydrogen (secondary N) is 2. The van der Waals surface area contributed by atoms with Crippen LogP contribution < -0.4 is 20.1 Å². The van der Waals surface area contributed by atoms with Gasteiger partial charge in [-0.2, -0.15) is 0 Å². The van der Waals surface area contributed by atoms with Crippen LogP contribution in [0.5, 0.6) is 17.4 Å². The smallest absolute Gasteiger partial charge is 0.219 e. The van der Waals surface area contributed by atoms with Crippen molar-refractivity contribution in [3.8, 4) is 17.4 Å². The molecule has 0 unspecified atom stereocenters. The zero-order valence-electron chi connectivity index (χ0n) is 18.1. The van der Waals surface area contributed by atoms with E-state index >= 15 is 0 Å². The summed E-state index contributed by atoms with van der Waals surface area (Å²) in [5, 5.41) is 7.72. The van der Waals surface area contributed by atoms with Crippen LogP contribution in [0.1, 0.15) is 28.1 Å². The Labute approximate surface area is 204 Å². The van der Waals surface area contributed by atoms with Crippen LogP contribution in [0.2, 0.25) is 0 Å². The number of aromatic nitrogens is 2. The highest BCUT2D eigenvalue weighted by Gasteiger charge is 2.06. The molecule has 1 aromatic carbocycles. The molecule has 0 amide bonds. The molecule has 0 fully saturated rings. The number of ether oxygens (including phenoxy) is 2. The lowest BCUT2D eigenvalue weighted by molar-refractivity contribution is 0.407. The second-order valence-corrected chi connectivity index (χ2v) is 7.86. The van der Waals surface area contributed by atoms with Gasteiger partial charge in [-0.25, -0.2) is 15.0 Å². The molecule has 0 spiro atoms. The summed E-state index contributed by atoms with van der Waals surface area (Å²) in [6.45, 7) is 8.11. The lowest BCUT2D eigenvalue weighted by Gasteiger charge is -2.11. The molecule has 2 heterocycles. The van der Waals surface area contributed by atoms with Crippen molar-refractivity contribution in [1.82, 2.24) is 20.6 Å². The minimum absolute atomic E-state index is 0. The van der Waals surface area contributed by atoms with Gasteiger partial charge in [0.25, 0.3) is 0 Å². The normalized spacial score (nSPS) is 10.9. The van der Waals surface area contributed by atoms with E-state index in [2.05, 4.69) is 25.6 Å². The summed E-state index contributed by atoms with van der Waals surface area (Å²) in [6, 6.07) is 11.2. The standard InChI is InChI=1S/C22H27N5O2S.HI/c1-5-23-22(26-14-20-15(2)27-16(3)30-20)25-13-17-9-10-21(24-12-17)29-19-8-6-7-18(11-19)28-4;/h6-12H,5,13-14H2,1-4H3,(H2,23,25,26);1H. The molecular weight excluding hydrogens is 525 g/mol. The predicted molar refractivity (Wildman–Crippen MR) is 136 cm³/mol. The maximum absolute atomic E-state index is 5.78. The monoisotopic (exact) mass is 553 g/mol. The summed E-state index contributed by atoms with van der Waals surface area (Å²) in [5.74, 6) is 2.71. The number of hydrogen-bond donors (Lipinski definition) is 2. The fourth-order valence-corrected chi connectivity index (χ4v) is 3.64. The quantitative estimate of drug-likeness (QED) is 0.236. The molecule has 3 rings (SSSR count). The number of halogens is 1. The minimum Gasteiger partial charge on any atom is -0.497 e. The van der Waals surface area contributed by atoms with Crippen molar-refractivity contribution >= 4 is 41.3 Å². The molecule has 2 N–H and O–H groups in total. The Balaban J connectivity index is 0.00000341. The molecule has 9 heteroatoms. The third kappa shape index (κ3) is 7.66. The summed E-state index contributed by atoms with van der Waals surface area (Å²) < 4.78 is 11.0. The molecule has 31 heavy (non-hydrogen) atoms. The first-order chi connectivity index (χ1) is 14.6. The number of pyridine rings is 1. The van der Waals surface area contributed by atoms with Crippen LogP contribution in [0, 0.1) is 13.8 Å². The van der Waals surface area contributed by atoms with Gasteiger partial charge < -0.3 is 20.1 Å². The van der Waals surface area contributed by atoms with Gasteiger partial charge in [0.1, 0.15) is 11.5 Å². The van der Waals surface area contributed by atoms with Gasteiger partial charge in [0.15, 0.2) is 5.96 Å². The van der Waals surface area contributed by atoms with Gasteiger partial charge in [-0.3, -0.25) is 0 Å². The van der Waals surface area contributed by atoms with Crippen LogP contribution in [0.15, 0.2) is 47.6 Å². The maximum atomic E-state index is 5.78. The number of nitrogens with zero attached hydrogens (tertiary/aromatic N) is 3. The second kappa shape index (κ2) is 12.5. The van der Waals surface area contributed by atoms with Crippen molar-refractivity contribution in [2.45, 2.75) is 33.9 Å². The Hall–Kier alpha value is -2.40. The van der Waals surface area contributed by atoms with Crippen LogP contribution in [0.3, 0.4) is 0 Å². The van der Waals surface area contributed by atoms with Gasteiger partial charge >= 0.3 is 0 Å². The Morgan fingerprint density at radius 2 is 1.94 bits per heavy atom. The summed E-state index contributed by atoms with van der Waals surface area (Å²) >= 11 is 1.71. The molecule has 0 bridgehead atoms. The largest absolute Gasteiger partial charge is 0.497 e. The van der Waals surface area contributed by atoms with E-state index in [0.717, 1.165) is 34.5 Å². The molecular formula is C22H28IN5O2S. The number of benzene rings is 1. The molecule has 2 aromatic heterocycles. The SMILES string of the molecule is CCNC(=NCc1ccc(Oc2cccc(OC)c2)nc1)NCc1sc(C)nc1C.I. The Morgan fingerprint density at radius 3 is 2.58 bits per heavy atom. The van der Waals surface area contributed by atoms with E-state index < -0.39 is 0 Å². The van der Waals surface area contributed by atoms with Crippen LogP contribution in [-0.4, -0.2) is 29.6 Å². The molecule has 0 radical (unpaired) electrons. The lowest BCUT2D eigenvalue weighted by atomic mass is 10.3. The fourth-order valence-electron chi connectivity index (χ4n) is 2.76. The molecule has 0 saturated heterocycles. The van der Waals surface area contributed by atoms with E-state index in [9.17, 15) is 0 Å². The number of thiazole rings is 1. The van der Waals surface area contributed by atoms with Crippen molar-refractivity contribution in [3.63, 3.8) is 0 Å². The molecule has 0 aliphatic rings. The van der Waals surface area contributed by atoms with Crippen molar-refractivity contribution in [2.75, 3.05) is 13.7 Å². The van der Waals surface area contributed by atoms with Gasteiger partial charge in [-0.1, -0.05) is 12.1 Å². The zero-order valence-corrected chi connectivity index (χ0v) is 21.3. The maximum Gasteiger partial charge on any atom is 0.219 e. The molecule has 166 valence electrons. The first-order valence-electron chi connectivity index (χ1n) is 9.79. The minimum atomic E-state index is 0. The Morgan fingerprint density at radius 1 is 1.13 bits per heavy atom. The number of aliphatic imine (C=N–C) groups is 1. The van der Waals surface area contributed by atoms with Crippen molar-refractivity contribution < 1.29 is 9.47 Å². The average Bonchev–Trinajstić information content (AvgIpc) is 3.08. The third-order valence-corrected chi connectivity index (χ3v) is 5.31. The molecule has 3 aromatic rings. The van der Waals surface area contributed by atoms with Crippen LogP contribution in [-0.2, 0) is 13.1 Å². The Kier molecular flexibility index (Phi) is 9.99. The highest BCUT2D eigenvalue weighted by atomic mass is 127. The van der Waals surface area contributed by atoms with Crippen LogP contribution >= 0.6 is 35.3 Å². The van der Waals surface area contributed by atoms with Crippen molar-refractivity contribution in [2.24, 2.45) is 4.99 Å². The van der Waals surface area contributed by atoms with Crippen molar-refractivity contribution in [3.05, 3.63) is 63.7 Å². The van der Waals surface area contributed by atoms with E-state index in [-0.39, 0.29) is 24.0 Å². The van der Waals surface area contributed by atoms with E-state index in [1.807, 2.05) is 57.2 Å². The number of guanidine groups is 1. The first kappa shape index (κ1) is 24.9. The summed E-state index contributed by atoms with van der Waals surface area (Å²) in [7, 11) is 1.63. The van der Waals surface area contributed by atoms with Gasteiger partial charge in [-0.15, -0.1) is 35.3 Å². The highest BCUT2D eigenvalue weighted by Crippen LogP contribution is 2.24. The summed E-state index contributed by atoms with van der Waals surface area (Å²) in [6.07, 6.45) is 1.78. The van der Waals surface area contributed by atoms with Crippen LogP contribution in [0.4, 0.5) is 0 Å². The average molecular weight is 553 g/mol. The fraction of sp³-hybridized carbons (Fsp3) is 0.318. The van der Waals surface area contributed by atoms with Crippen molar-refractivity contribution in [1.29, 1.82) is 0 Å². The lowest BCUT2D eigenvalue weighted by Crippen LogP contribution is -2.36. The first-order valence-corrected chi connectivity index (χ1v) is 10.6. The molecule has 0 saturated carbocycles. The molecule has 0 aliphatic carbocycles. The van der Waals surface area contributed by atoms with Gasteiger partial charge in [0.2, 0.25) is 5.88 Å². The number of hydrogen-bond acceptors (Lipinski definition) is 6. The van der Waals surface area contributed by atoms with Gasteiger partial charge in [-0.05, 0) is 38.5 Å². The van der Waals surface area contributed by atoms with Gasteiger partial charge in [0.05, 0.1) is 30.9 Å². The number of rotatable bonds is 8. The van der Waals surface area contributed by atoms with Crippen LogP contribution in [0.25, 0.3) is 0 Å². The second-order valence-electron chi connectivity index (χ2n) is 6.58. The third-order valence-electron chi connectivity index (χ3n) is 4.24. The van der Waals surface area contributed by atoms with E-state index in [0.29, 0.717) is 24.7 Å². The molecule has 0 atom stereocenters. The topological polar surface area (TPSA) is 80.7 Å². The number of methoxy groups -OCH3 is 1. The van der Waals surface area contributed by atoms with E-state index in [4.69, 9.17) is 9.47 Å². The molecule has 7 nitrogen and oxygen atoms in total. The Bertz CT molecular complexity index is 992. The highest BCUT2D eigenvalue weighted by molar-refractivity contribution is 14.0. The summed E-state index contributed by atoms with van der Waals surface area (Å²) in [5.41, 5.74) is 2.06. The zero-order chi connectivity index (χ0) is 21.3. The molecule has 0 aliphatic heterocycles. The predicted octanol–water partition coefficient (Wildman–Crippen LogP) is 4.83. The van der Waals surface area contributed by atoms with Gasteiger partial charge in [0, 0.05) is 29.8 Å².